The molecule has 0 heterocycles. The summed E-state index contributed by atoms with van der Waals surface area (Å²) in [5, 5.41) is 0. The number of hydrogen-bond donors (Lipinski definition) is 0. The van der Waals surface area contributed by atoms with Crippen molar-refractivity contribution in [3.8, 4) is 0 Å². The molecule has 0 fully saturated rings. The lowest BCUT2D eigenvalue weighted by Crippen LogP contribution is -2.02. The van der Waals surface area contributed by atoms with Gasteiger partial charge in [0.05, 0.1) is 0 Å². The Bertz CT molecular complexity index is 1030. The van der Waals surface area contributed by atoms with E-state index in [1.54, 1.807) is 0 Å². The topological polar surface area (TPSA) is 26.3 Å². The summed E-state index contributed by atoms with van der Waals surface area (Å²) in [6, 6.07) is 30.8. The average molecular weight is 497 g/mol. The predicted octanol–water partition coefficient (Wildman–Crippen LogP) is 9.62. The standard InChI is InChI=1S/2C12H16.C11H12O2/c1-11(2)7-6-10-12-8-4-3-5-9-12;1-4-12(10(2)3)11-8-6-5-7-9-11;1-10(12)13-9-5-8-11-6-3-2-4-7-11/h3-6,8-11H,7H2,1-2H3;4-10,12H,1H2,2-3H3;2-8H,9H2,1H3/b10-6+;;8-5+/t;12-;/m.0./s1. The average Bonchev–Trinajstić information content (AvgIpc) is 2.89. The van der Waals surface area contributed by atoms with Gasteiger partial charge in [0.2, 0.25) is 0 Å². The Labute approximate surface area is 225 Å². The second-order valence-corrected chi connectivity index (χ2v) is 9.47. The summed E-state index contributed by atoms with van der Waals surface area (Å²) in [7, 11) is 0. The fourth-order valence-electron chi connectivity index (χ4n) is 3.42. The first kappa shape index (κ1) is 31.4. The van der Waals surface area contributed by atoms with Gasteiger partial charge in [-0.1, -0.05) is 143 Å². The number of ether oxygens (including phenoxy) is 1. The monoisotopic (exact) mass is 496 g/mol. The molecule has 0 unspecified atom stereocenters. The molecule has 0 N–H and O–H groups in total. The molecule has 0 saturated carbocycles. The Hall–Kier alpha value is -3.65. The summed E-state index contributed by atoms with van der Waals surface area (Å²) in [6.45, 7) is 14.5. The molecule has 0 aliphatic heterocycles. The zero-order valence-electron chi connectivity index (χ0n) is 23.2. The van der Waals surface area contributed by atoms with E-state index in [9.17, 15) is 4.79 Å². The van der Waals surface area contributed by atoms with Crippen molar-refractivity contribution in [1.82, 2.24) is 0 Å². The first-order valence-corrected chi connectivity index (χ1v) is 13.1. The van der Waals surface area contributed by atoms with Gasteiger partial charge in [-0.05, 0) is 41.0 Å². The summed E-state index contributed by atoms with van der Waals surface area (Å²) in [6.07, 6.45) is 11.3. The van der Waals surface area contributed by atoms with E-state index in [2.05, 4.69) is 95.0 Å². The first-order chi connectivity index (χ1) is 17.8. The zero-order valence-corrected chi connectivity index (χ0v) is 23.2. The van der Waals surface area contributed by atoms with E-state index in [-0.39, 0.29) is 5.97 Å². The maximum atomic E-state index is 10.4. The van der Waals surface area contributed by atoms with Crippen LogP contribution in [-0.2, 0) is 9.53 Å². The quantitative estimate of drug-likeness (QED) is 0.218. The molecule has 3 aromatic carbocycles. The van der Waals surface area contributed by atoms with Crippen LogP contribution in [0.15, 0.2) is 116 Å². The van der Waals surface area contributed by atoms with Gasteiger partial charge in [0, 0.05) is 12.8 Å². The number of allylic oxidation sites excluding steroid dienone is 2. The highest BCUT2D eigenvalue weighted by atomic mass is 16.5. The molecule has 0 aromatic heterocycles. The summed E-state index contributed by atoms with van der Waals surface area (Å²) in [5.41, 5.74) is 3.76. The fraction of sp³-hybridized carbons (Fsp3) is 0.286. The van der Waals surface area contributed by atoms with Crippen molar-refractivity contribution >= 4 is 18.1 Å². The van der Waals surface area contributed by atoms with Gasteiger partial charge in [0.15, 0.2) is 0 Å². The molecule has 0 spiro atoms. The molecule has 0 aliphatic carbocycles. The van der Waals surface area contributed by atoms with E-state index in [1.807, 2.05) is 60.7 Å². The fourth-order valence-corrected chi connectivity index (χ4v) is 3.42. The molecular formula is C35H44O2. The molecule has 0 aliphatic rings. The maximum absolute atomic E-state index is 10.4. The Morgan fingerprint density at radius 2 is 1.22 bits per heavy atom. The third-order valence-electron chi connectivity index (χ3n) is 5.37. The molecular weight excluding hydrogens is 452 g/mol. The van der Waals surface area contributed by atoms with Gasteiger partial charge < -0.3 is 4.74 Å². The van der Waals surface area contributed by atoms with Gasteiger partial charge in [0.1, 0.15) is 6.61 Å². The molecule has 0 amide bonds. The van der Waals surface area contributed by atoms with Gasteiger partial charge in [-0.25, -0.2) is 0 Å². The van der Waals surface area contributed by atoms with Crippen molar-refractivity contribution in [2.24, 2.45) is 11.8 Å². The normalized spacial score (nSPS) is 11.4. The number of hydrogen-bond acceptors (Lipinski definition) is 2. The van der Waals surface area contributed by atoms with Crippen molar-refractivity contribution in [2.45, 2.75) is 47.0 Å². The number of esters is 1. The van der Waals surface area contributed by atoms with Crippen LogP contribution < -0.4 is 0 Å². The molecule has 0 bridgehead atoms. The second kappa shape index (κ2) is 19.5. The van der Waals surface area contributed by atoms with E-state index in [4.69, 9.17) is 4.74 Å². The molecule has 0 saturated heterocycles. The van der Waals surface area contributed by atoms with Crippen LogP contribution in [0.3, 0.4) is 0 Å². The van der Waals surface area contributed by atoms with Crippen LogP contribution in [0.25, 0.3) is 12.2 Å². The van der Waals surface area contributed by atoms with Gasteiger partial charge in [-0.15, -0.1) is 6.58 Å². The summed E-state index contributed by atoms with van der Waals surface area (Å²) in [4.78, 5) is 10.4. The Kier molecular flexibility index (Phi) is 16.6. The zero-order chi connectivity index (χ0) is 27.3. The molecule has 2 heteroatoms. The van der Waals surface area contributed by atoms with Crippen LogP contribution in [0.1, 0.15) is 63.6 Å². The molecule has 3 rings (SSSR count). The Balaban J connectivity index is 0.000000278. The van der Waals surface area contributed by atoms with Crippen LogP contribution in [0.4, 0.5) is 0 Å². The molecule has 1 atom stereocenters. The van der Waals surface area contributed by atoms with E-state index >= 15 is 0 Å². The minimum absolute atomic E-state index is 0.252. The third kappa shape index (κ3) is 15.9. The van der Waals surface area contributed by atoms with Gasteiger partial charge >= 0.3 is 5.97 Å². The summed E-state index contributed by atoms with van der Waals surface area (Å²) < 4.78 is 4.74. The summed E-state index contributed by atoms with van der Waals surface area (Å²) >= 11 is 0. The number of carbonyl (C=O) groups is 1. The van der Waals surface area contributed by atoms with Crippen LogP contribution in [0.5, 0.6) is 0 Å². The Morgan fingerprint density at radius 3 is 1.62 bits per heavy atom. The van der Waals surface area contributed by atoms with Gasteiger partial charge in [-0.3, -0.25) is 4.79 Å². The lowest BCUT2D eigenvalue weighted by Gasteiger charge is -2.16. The number of benzene rings is 3. The lowest BCUT2D eigenvalue weighted by atomic mass is 9.89. The largest absolute Gasteiger partial charge is 0.462 e. The number of rotatable bonds is 9. The molecule has 0 radical (unpaired) electrons. The molecule has 2 nitrogen and oxygen atoms in total. The SMILES string of the molecule is C=C[C@H](c1ccccc1)C(C)C.CC(=O)OC/C=C/c1ccccc1.CC(C)C/C=C/c1ccccc1. The summed E-state index contributed by atoms with van der Waals surface area (Å²) in [5.74, 6) is 1.62. The van der Waals surface area contributed by atoms with Crippen LogP contribution in [0.2, 0.25) is 0 Å². The molecule has 37 heavy (non-hydrogen) atoms. The highest BCUT2D eigenvalue weighted by Crippen LogP contribution is 2.24. The van der Waals surface area contributed by atoms with Gasteiger partial charge in [0.25, 0.3) is 0 Å². The van der Waals surface area contributed by atoms with E-state index in [1.165, 1.54) is 18.1 Å². The van der Waals surface area contributed by atoms with Crippen molar-refractivity contribution in [3.63, 3.8) is 0 Å². The van der Waals surface area contributed by atoms with Crippen LogP contribution in [-0.4, -0.2) is 12.6 Å². The first-order valence-electron chi connectivity index (χ1n) is 13.1. The van der Waals surface area contributed by atoms with Crippen LogP contribution in [0, 0.1) is 11.8 Å². The predicted molar refractivity (Wildman–Crippen MR) is 161 cm³/mol. The van der Waals surface area contributed by atoms with Crippen molar-refractivity contribution in [1.29, 1.82) is 0 Å². The smallest absolute Gasteiger partial charge is 0.302 e. The highest BCUT2D eigenvalue weighted by molar-refractivity contribution is 5.66. The van der Waals surface area contributed by atoms with E-state index in [0.29, 0.717) is 18.4 Å². The minimum Gasteiger partial charge on any atom is -0.462 e. The van der Waals surface area contributed by atoms with E-state index < -0.39 is 0 Å². The highest BCUT2D eigenvalue weighted by Gasteiger charge is 2.10. The van der Waals surface area contributed by atoms with E-state index in [0.717, 1.165) is 17.9 Å². The molecule has 3 aromatic rings. The third-order valence-corrected chi connectivity index (χ3v) is 5.37. The van der Waals surface area contributed by atoms with Crippen molar-refractivity contribution < 1.29 is 9.53 Å². The Morgan fingerprint density at radius 1 is 0.757 bits per heavy atom. The second-order valence-electron chi connectivity index (χ2n) is 9.47. The van der Waals surface area contributed by atoms with Gasteiger partial charge in [-0.2, -0.15) is 0 Å². The maximum Gasteiger partial charge on any atom is 0.302 e. The number of carbonyl (C=O) groups excluding carboxylic acids is 1. The minimum atomic E-state index is -0.252. The van der Waals surface area contributed by atoms with Crippen LogP contribution >= 0.6 is 0 Å². The van der Waals surface area contributed by atoms with Crippen molar-refractivity contribution in [3.05, 3.63) is 132 Å². The lowest BCUT2D eigenvalue weighted by molar-refractivity contribution is -0.139. The van der Waals surface area contributed by atoms with Crippen molar-refractivity contribution in [2.75, 3.05) is 6.61 Å². The molecule has 196 valence electrons.